The molecule has 1 aromatic heterocycles. The zero-order valence-corrected chi connectivity index (χ0v) is 22.5. The highest BCUT2D eigenvalue weighted by Gasteiger charge is 2.24. The minimum atomic E-state index is -0.522. The lowest BCUT2D eigenvalue weighted by molar-refractivity contribution is -0.385. The lowest BCUT2D eigenvalue weighted by Gasteiger charge is -2.27. The summed E-state index contributed by atoms with van der Waals surface area (Å²) in [5.74, 6) is 0.516. The van der Waals surface area contributed by atoms with Gasteiger partial charge in [0.1, 0.15) is 6.54 Å². The molecule has 0 fully saturated rings. The molecule has 0 radical (unpaired) electrons. The van der Waals surface area contributed by atoms with E-state index in [4.69, 9.17) is 9.47 Å². The van der Waals surface area contributed by atoms with Gasteiger partial charge >= 0.3 is 0 Å². The second-order valence-corrected chi connectivity index (χ2v) is 9.60. The Balaban J connectivity index is 1.80. The molecule has 10 heteroatoms. The lowest BCUT2D eigenvalue weighted by Crippen LogP contribution is -2.43. The first kappa shape index (κ1) is 28.4. The third-order valence-corrected chi connectivity index (χ3v) is 6.87. The molecule has 200 valence electrons. The fraction of sp³-hybridized carbons (Fsp3) is 0.286. The monoisotopic (exact) mass is 537 g/mol. The number of nitrogens with zero attached hydrogens (tertiary/aromatic N) is 3. The summed E-state index contributed by atoms with van der Waals surface area (Å²) in [6.45, 7) is 6.06. The third-order valence-electron chi connectivity index (χ3n) is 6.01. The number of amides is 2. The fourth-order valence-corrected chi connectivity index (χ4v) is 4.66. The number of benzene rings is 2. The Bertz CT molecular complexity index is 1290. The van der Waals surface area contributed by atoms with Crippen molar-refractivity contribution in [2.75, 3.05) is 33.9 Å². The van der Waals surface area contributed by atoms with Gasteiger partial charge in [0.25, 0.3) is 11.6 Å². The van der Waals surface area contributed by atoms with Crippen molar-refractivity contribution in [3.05, 3.63) is 98.2 Å². The van der Waals surface area contributed by atoms with E-state index in [1.54, 1.807) is 37.4 Å². The van der Waals surface area contributed by atoms with E-state index in [-0.39, 0.29) is 30.2 Å². The summed E-state index contributed by atoms with van der Waals surface area (Å²) in [7, 11) is 3.15. The van der Waals surface area contributed by atoms with Crippen LogP contribution in [0.25, 0.3) is 0 Å². The number of methoxy groups -OCH3 is 2. The van der Waals surface area contributed by atoms with Crippen molar-refractivity contribution < 1.29 is 24.0 Å². The van der Waals surface area contributed by atoms with Crippen molar-refractivity contribution in [3.63, 3.8) is 0 Å². The number of carbonyl (C=O) groups is 2. The Labute approximate surface area is 226 Å². The molecule has 0 atom stereocenters. The van der Waals surface area contributed by atoms with E-state index in [1.165, 1.54) is 29.2 Å². The van der Waals surface area contributed by atoms with E-state index in [0.29, 0.717) is 36.6 Å². The van der Waals surface area contributed by atoms with Crippen LogP contribution in [-0.2, 0) is 17.8 Å². The van der Waals surface area contributed by atoms with Crippen LogP contribution in [0.4, 0.5) is 5.69 Å². The van der Waals surface area contributed by atoms with Crippen LogP contribution in [0.15, 0.2) is 66.6 Å². The Kier molecular flexibility index (Phi) is 10.0. The van der Waals surface area contributed by atoms with Crippen LogP contribution in [0, 0.1) is 17.0 Å². The first-order valence-corrected chi connectivity index (χ1v) is 12.8. The molecule has 9 nitrogen and oxygen atoms in total. The van der Waals surface area contributed by atoms with Crippen molar-refractivity contribution in [1.82, 2.24) is 9.80 Å². The largest absolute Gasteiger partial charge is 0.493 e. The molecule has 0 aliphatic heterocycles. The van der Waals surface area contributed by atoms with E-state index >= 15 is 0 Å². The lowest BCUT2D eigenvalue weighted by atomic mass is 10.1. The molecule has 0 aliphatic carbocycles. The maximum atomic E-state index is 13.5. The van der Waals surface area contributed by atoms with Gasteiger partial charge < -0.3 is 19.3 Å². The molecule has 0 spiro atoms. The highest BCUT2D eigenvalue weighted by atomic mass is 32.1. The van der Waals surface area contributed by atoms with Crippen molar-refractivity contribution >= 4 is 28.8 Å². The third kappa shape index (κ3) is 7.19. The van der Waals surface area contributed by atoms with Crippen molar-refractivity contribution in [2.45, 2.75) is 19.9 Å². The maximum absolute atomic E-state index is 13.5. The summed E-state index contributed by atoms with van der Waals surface area (Å²) < 4.78 is 10.7. The summed E-state index contributed by atoms with van der Waals surface area (Å²) in [5, 5.41) is 13.3. The zero-order chi connectivity index (χ0) is 27.7. The quantitative estimate of drug-likeness (QED) is 0.175. The standard InChI is InChI=1S/C28H31N3O6S/c1-5-13-30(28(33)22-10-8-20(2)24(17-22)31(34)35)19-27(32)29(18-23-7-6-15-38-23)14-12-21-9-11-25(36-3)26(16-21)37-4/h5-11,15-17H,1,12-14,18-19H2,2-4H3. The summed E-state index contributed by atoms with van der Waals surface area (Å²) >= 11 is 1.55. The highest BCUT2D eigenvalue weighted by molar-refractivity contribution is 7.09. The molecule has 1 heterocycles. The van der Waals surface area contributed by atoms with Gasteiger partial charge in [-0.15, -0.1) is 17.9 Å². The van der Waals surface area contributed by atoms with Gasteiger partial charge in [-0.3, -0.25) is 19.7 Å². The molecule has 2 amide bonds. The number of ether oxygens (including phenoxy) is 2. The molecular formula is C28H31N3O6S. The number of thiophene rings is 1. The number of rotatable bonds is 13. The second kappa shape index (κ2) is 13.4. The summed E-state index contributed by atoms with van der Waals surface area (Å²) in [4.78, 5) is 41.7. The van der Waals surface area contributed by atoms with Crippen LogP contribution in [-0.4, -0.2) is 60.4 Å². The van der Waals surface area contributed by atoms with Crippen LogP contribution >= 0.6 is 11.3 Å². The van der Waals surface area contributed by atoms with Crippen LogP contribution < -0.4 is 9.47 Å². The predicted molar refractivity (Wildman–Crippen MR) is 147 cm³/mol. The molecule has 38 heavy (non-hydrogen) atoms. The number of carbonyl (C=O) groups excluding carboxylic acids is 2. The molecule has 0 aliphatic rings. The first-order valence-electron chi connectivity index (χ1n) is 11.9. The second-order valence-electron chi connectivity index (χ2n) is 8.57. The minimum absolute atomic E-state index is 0.120. The van der Waals surface area contributed by atoms with Gasteiger partial charge in [0, 0.05) is 35.2 Å². The van der Waals surface area contributed by atoms with Crippen LogP contribution in [0.5, 0.6) is 11.5 Å². The molecule has 0 saturated heterocycles. The average Bonchev–Trinajstić information content (AvgIpc) is 3.43. The van der Waals surface area contributed by atoms with E-state index in [2.05, 4.69) is 6.58 Å². The number of nitro benzene ring substituents is 1. The SMILES string of the molecule is C=CCN(CC(=O)N(CCc1ccc(OC)c(OC)c1)Cc1cccs1)C(=O)c1ccc(C)c([N+](=O)[O-])c1. The van der Waals surface area contributed by atoms with E-state index < -0.39 is 10.8 Å². The van der Waals surface area contributed by atoms with Gasteiger partial charge in [-0.25, -0.2) is 0 Å². The Hall–Kier alpha value is -4.18. The number of hydrogen-bond donors (Lipinski definition) is 0. The fourth-order valence-electron chi connectivity index (χ4n) is 3.94. The van der Waals surface area contributed by atoms with Crippen molar-refractivity contribution in [3.8, 4) is 11.5 Å². The van der Waals surface area contributed by atoms with Crippen LogP contribution in [0.2, 0.25) is 0 Å². The highest BCUT2D eigenvalue weighted by Crippen LogP contribution is 2.28. The molecule has 0 saturated carbocycles. The smallest absolute Gasteiger partial charge is 0.273 e. The van der Waals surface area contributed by atoms with E-state index in [0.717, 1.165) is 10.4 Å². The molecule has 3 aromatic rings. The molecule has 0 bridgehead atoms. The Morgan fingerprint density at radius 3 is 2.47 bits per heavy atom. The summed E-state index contributed by atoms with van der Waals surface area (Å²) in [5.41, 5.74) is 1.43. The predicted octanol–water partition coefficient (Wildman–Crippen LogP) is 4.88. The normalized spacial score (nSPS) is 10.5. The topological polar surface area (TPSA) is 102 Å². The molecular weight excluding hydrogens is 506 g/mol. The van der Waals surface area contributed by atoms with Gasteiger partial charge in [-0.2, -0.15) is 0 Å². The van der Waals surface area contributed by atoms with Crippen LogP contribution in [0.1, 0.15) is 26.4 Å². The van der Waals surface area contributed by atoms with E-state index in [1.807, 2.05) is 35.7 Å². The summed E-state index contributed by atoms with van der Waals surface area (Å²) in [6, 6.07) is 13.8. The van der Waals surface area contributed by atoms with Gasteiger partial charge in [0.2, 0.25) is 5.91 Å². The van der Waals surface area contributed by atoms with Gasteiger partial charge in [-0.1, -0.05) is 24.3 Å². The van der Waals surface area contributed by atoms with Crippen LogP contribution in [0.3, 0.4) is 0 Å². The molecule has 3 rings (SSSR count). The maximum Gasteiger partial charge on any atom is 0.273 e. The van der Waals surface area contributed by atoms with Gasteiger partial charge in [-0.05, 0) is 48.6 Å². The van der Waals surface area contributed by atoms with E-state index in [9.17, 15) is 19.7 Å². The Morgan fingerprint density at radius 2 is 1.84 bits per heavy atom. The number of hydrogen-bond acceptors (Lipinski definition) is 7. The van der Waals surface area contributed by atoms with Gasteiger partial charge in [0.15, 0.2) is 11.5 Å². The summed E-state index contributed by atoms with van der Waals surface area (Å²) in [6.07, 6.45) is 2.10. The zero-order valence-electron chi connectivity index (χ0n) is 21.7. The Morgan fingerprint density at radius 1 is 1.08 bits per heavy atom. The minimum Gasteiger partial charge on any atom is -0.493 e. The van der Waals surface area contributed by atoms with Gasteiger partial charge in [0.05, 0.1) is 25.7 Å². The molecule has 0 N–H and O–H groups in total. The van der Waals surface area contributed by atoms with Crippen molar-refractivity contribution in [2.24, 2.45) is 0 Å². The first-order chi connectivity index (χ1) is 18.3. The molecule has 2 aromatic carbocycles. The van der Waals surface area contributed by atoms with Crippen molar-refractivity contribution in [1.29, 1.82) is 0 Å². The molecule has 0 unspecified atom stereocenters. The number of nitro groups is 1. The number of aryl methyl sites for hydroxylation is 1. The average molecular weight is 538 g/mol.